The number of esters is 3. The van der Waals surface area contributed by atoms with Crippen LogP contribution >= 0.6 is 0 Å². The van der Waals surface area contributed by atoms with E-state index in [4.69, 9.17) is 14.2 Å². The van der Waals surface area contributed by atoms with Crippen molar-refractivity contribution in [3.63, 3.8) is 0 Å². The number of aliphatic hydroxyl groups is 2. The summed E-state index contributed by atoms with van der Waals surface area (Å²) in [4.78, 5) is 41.0. The number of ether oxygens (including phenoxy) is 3. The molecule has 0 aromatic carbocycles. The molecule has 0 radical (unpaired) electrons. The molecule has 0 bridgehead atoms. The smallest absolute Gasteiger partial charge is 0.333 e. The van der Waals surface area contributed by atoms with Gasteiger partial charge in [-0.2, -0.15) is 0 Å². The molecule has 1 aliphatic carbocycles. The summed E-state index contributed by atoms with van der Waals surface area (Å²) in [6, 6.07) is 0. The molecule has 1 rings (SSSR count). The number of hydrogen-bond acceptors (Lipinski definition) is 9. The zero-order valence-corrected chi connectivity index (χ0v) is 45.2. The molecule has 0 saturated heterocycles. The van der Waals surface area contributed by atoms with Crippen molar-refractivity contribution in [1.29, 1.82) is 0 Å². The quantitative estimate of drug-likeness (QED) is 0.0348. The van der Waals surface area contributed by atoms with Crippen molar-refractivity contribution in [2.75, 3.05) is 26.2 Å². The molecule has 9 nitrogen and oxygen atoms in total. The third-order valence-electron chi connectivity index (χ3n) is 14.2. The van der Waals surface area contributed by atoms with Crippen LogP contribution < -0.4 is 0 Å². The molecule has 9 heteroatoms. The lowest BCUT2D eigenvalue weighted by molar-refractivity contribution is -0.151. The molecule has 0 aromatic rings. The maximum atomic E-state index is 12.9. The molecule has 68 heavy (non-hydrogen) atoms. The van der Waals surface area contributed by atoms with E-state index >= 15 is 0 Å². The largest absolute Gasteiger partial charge is 0.462 e. The van der Waals surface area contributed by atoms with Crippen LogP contribution in [-0.4, -0.2) is 83.7 Å². The number of hydrogen-bond donors (Lipinski definition) is 2. The molecule has 0 aromatic heterocycles. The number of unbranched alkanes of at least 4 members (excludes halogenated alkanes) is 28. The fourth-order valence-corrected chi connectivity index (χ4v) is 9.63. The summed E-state index contributed by atoms with van der Waals surface area (Å²) in [5.74, 6) is -0.442. The maximum Gasteiger partial charge on any atom is 0.333 e. The first kappa shape index (κ1) is 64.0. The molecule has 0 heterocycles. The van der Waals surface area contributed by atoms with Crippen LogP contribution in [0.25, 0.3) is 0 Å². The van der Waals surface area contributed by atoms with Crippen LogP contribution in [-0.2, 0) is 28.6 Å². The van der Waals surface area contributed by atoms with E-state index in [9.17, 15) is 24.6 Å². The predicted octanol–water partition coefficient (Wildman–Crippen LogP) is 15.8. The molecule has 2 unspecified atom stereocenters. The van der Waals surface area contributed by atoms with Crippen molar-refractivity contribution >= 4 is 17.9 Å². The van der Waals surface area contributed by atoms with Crippen molar-refractivity contribution in [1.82, 2.24) is 4.90 Å². The fraction of sp³-hybridized carbons (Fsp3) is 0.915. The topological polar surface area (TPSA) is 123 Å². The minimum Gasteiger partial charge on any atom is -0.462 e. The van der Waals surface area contributed by atoms with Crippen molar-refractivity contribution in [3.05, 3.63) is 11.6 Å². The van der Waals surface area contributed by atoms with Crippen molar-refractivity contribution in [2.24, 2.45) is 0 Å². The Morgan fingerprint density at radius 2 is 0.824 bits per heavy atom. The van der Waals surface area contributed by atoms with E-state index in [0.29, 0.717) is 37.8 Å². The molecule has 2 N–H and O–H groups in total. The number of rotatable bonds is 50. The number of carbonyl (C=O) groups excluding carboxylic acids is 3. The van der Waals surface area contributed by atoms with Gasteiger partial charge in [0.1, 0.15) is 18.8 Å². The molecule has 0 amide bonds. The minimum absolute atomic E-state index is 0.0199. The van der Waals surface area contributed by atoms with Gasteiger partial charge in [0.15, 0.2) is 0 Å². The van der Waals surface area contributed by atoms with Crippen LogP contribution in [0.5, 0.6) is 0 Å². The molecule has 0 saturated carbocycles. The predicted molar refractivity (Wildman–Crippen MR) is 284 cm³/mol. The van der Waals surface area contributed by atoms with Gasteiger partial charge in [-0.05, 0) is 109 Å². The summed E-state index contributed by atoms with van der Waals surface area (Å²) in [7, 11) is 0. The lowest BCUT2D eigenvalue weighted by Gasteiger charge is -2.24. The number of aliphatic hydroxyl groups excluding tert-OH is 2. The van der Waals surface area contributed by atoms with E-state index in [1.54, 1.807) is 0 Å². The van der Waals surface area contributed by atoms with Gasteiger partial charge in [-0.3, -0.25) is 14.5 Å². The summed E-state index contributed by atoms with van der Waals surface area (Å²) < 4.78 is 17.8. The molecular weight excluding hydrogens is 851 g/mol. The standard InChI is InChI=1S/C59H111NO8/c1-5-9-13-17-23-31-39-53(40-32-24-18-14-10-6-2)67-57(63)43-35-27-21-29-37-47-60(49-50-66-59(65)52-45-46-55(61)56(62)51-52)48-38-30-22-28-36-44-58(64)68-54(41-33-25-19-15-11-7-3)42-34-26-20-16-12-8-4/h51,53-56,61-62H,5-50H2,1-4H3. The molecule has 1 aliphatic rings. The van der Waals surface area contributed by atoms with Crippen LogP contribution in [0.3, 0.4) is 0 Å². The Balaban J connectivity index is 2.51. The van der Waals surface area contributed by atoms with Crippen LogP contribution in [0.1, 0.15) is 297 Å². The zero-order valence-electron chi connectivity index (χ0n) is 45.2. The van der Waals surface area contributed by atoms with Gasteiger partial charge < -0.3 is 24.4 Å². The second-order valence-electron chi connectivity index (χ2n) is 20.8. The first-order valence-electron chi connectivity index (χ1n) is 29.6. The zero-order chi connectivity index (χ0) is 49.6. The maximum absolute atomic E-state index is 12.9. The van der Waals surface area contributed by atoms with Crippen LogP contribution in [0.2, 0.25) is 0 Å². The Bertz CT molecular complexity index is 1100. The highest BCUT2D eigenvalue weighted by atomic mass is 16.5. The van der Waals surface area contributed by atoms with E-state index in [-0.39, 0.29) is 30.8 Å². The van der Waals surface area contributed by atoms with Gasteiger partial charge in [-0.15, -0.1) is 0 Å². The average Bonchev–Trinajstić information content (AvgIpc) is 3.32. The van der Waals surface area contributed by atoms with Crippen LogP contribution in [0.15, 0.2) is 11.6 Å². The third-order valence-corrected chi connectivity index (χ3v) is 14.2. The Morgan fingerprint density at radius 1 is 0.485 bits per heavy atom. The van der Waals surface area contributed by atoms with E-state index in [1.807, 2.05) is 0 Å². The van der Waals surface area contributed by atoms with Gasteiger partial charge in [0.2, 0.25) is 0 Å². The van der Waals surface area contributed by atoms with Gasteiger partial charge in [0.25, 0.3) is 0 Å². The van der Waals surface area contributed by atoms with Crippen LogP contribution in [0, 0.1) is 0 Å². The molecule has 400 valence electrons. The first-order valence-corrected chi connectivity index (χ1v) is 29.6. The average molecular weight is 963 g/mol. The molecule has 0 aliphatic heterocycles. The van der Waals surface area contributed by atoms with E-state index in [2.05, 4.69) is 32.6 Å². The summed E-state index contributed by atoms with van der Waals surface area (Å²) in [6.07, 6.45) is 46.0. The SMILES string of the molecule is CCCCCCCCC(CCCCCCCC)OC(=O)CCCCCCCN(CCCCCCCC(=O)OC(CCCCCCCC)CCCCCCCC)CCOC(=O)C1=CC(O)C(O)CC1. The van der Waals surface area contributed by atoms with Gasteiger partial charge in [0, 0.05) is 25.0 Å². The van der Waals surface area contributed by atoms with Gasteiger partial charge in [-0.1, -0.05) is 195 Å². The van der Waals surface area contributed by atoms with Crippen LogP contribution in [0.4, 0.5) is 0 Å². The second-order valence-corrected chi connectivity index (χ2v) is 20.8. The van der Waals surface area contributed by atoms with Gasteiger partial charge >= 0.3 is 17.9 Å². The molecular formula is C59H111NO8. The molecule has 0 spiro atoms. The van der Waals surface area contributed by atoms with Crippen molar-refractivity contribution in [2.45, 2.75) is 322 Å². The normalized spacial score (nSPS) is 15.1. The van der Waals surface area contributed by atoms with Crippen molar-refractivity contribution < 1.29 is 38.8 Å². The summed E-state index contributed by atoms with van der Waals surface area (Å²) in [5.41, 5.74) is 0.444. The van der Waals surface area contributed by atoms with Gasteiger partial charge in [0.05, 0.1) is 12.2 Å². The monoisotopic (exact) mass is 962 g/mol. The fourth-order valence-electron chi connectivity index (χ4n) is 9.63. The first-order chi connectivity index (χ1) is 33.2. The summed E-state index contributed by atoms with van der Waals surface area (Å²) in [5, 5.41) is 19.9. The number of carbonyl (C=O) groups is 3. The summed E-state index contributed by atoms with van der Waals surface area (Å²) in [6.45, 7) is 11.8. The molecule has 0 fully saturated rings. The van der Waals surface area contributed by atoms with Crippen molar-refractivity contribution in [3.8, 4) is 0 Å². The Labute approximate surface area is 419 Å². The highest BCUT2D eigenvalue weighted by Gasteiger charge is 2.25. The lowest BCUT2D eigenvalue weighted by atomic mass is 9.95. The van der Waals surface area contributed by atoms with E-state index in [0.717, 1.165) is 129 Å². The summed E-state index contributed by atoms with van der Waals surface area (Å²) >= 11 is 0. The Kier molecular flexibility index (Phi) is 44.6. The Hall–Kier alpha value is -1.97. The molecule has 2 atom stereocenters. The second kappa shape index (κ2) is 47.4. The van der Waals surface area contributed by atoms with E-state index < -0.39 is 18.2 Å². The van der Waals surface area contributed by atoms with E-state index in [1.165, 1.54) is 134 Å². The van der Waals surface area contributed by atoms with Gasteiger partial charge in [-0.25, -0.2) is 4.79 Å². The lowest BCUT2D eigenvalue weighted by Crippen LogP contribution is -2.32. The number of nitrogens with zero attached hydrogens (tertiary/aromatic N) is 1. The highest BCUT2D eigenvalue weighted by molar-refractivity contribution is 5.88. The highest BCUT2D eigenvalue weighted by Crippen LogP contribution is 2.22. The Morgan fingerprint density at radius 3 is 1.19 bits per heavy atom. The minimum atomic E-state index is -1.03. The third kappa shape index (κ3) is 38.7.